The standard InChI is InChI=1S/C18H28O2/c1-5-8-9-15(4)16-10-11-17(19-12-6-2)18(14-16)20-13-7-3/h5,8,10-11,14-15H,6-7,9,12-13H2,1-4H3/b8-5-. The monoisotopic (exact) mass is 276 g/mol. The second kappa shape index (κ2) is 9.46. The third-order valence-electron chi connectivity index (χ3n) is 3.19. The maximum atomic E-state index is 5.84. The molecule has 2 heteroatoms. The van der Waals surface area contributed by atoms with Crippen molar-refractivity contribution in [2.45, 2.75) is 52.9 Å². The summed E-state index contributed by atoms with van der Waals surface area (Å²) in [5.74, 6) is 2.24. The number of hydrogen-bond acceptors (Lipinski definition) is 2. The van der Waals surface area contributed by atoms with Crippen molar-refractivity contribution < 1.29 is 9.47 Å². The zero-order valence-corrected chi connectivity index (χ0v) is 13.3. The molecule has 20 heavy (non-hydrogen) atoms. The first-order valence-electron chi connectivity index (χ1n) is 7.73. The van der Waals surface area contributed by atoms with Crippen molar-refractivity contribution in [1.29, 1.82) is 0 Å². The second-order valence-corrected chi connectivity index (χ2v) is 5.11. The van der Waals surface area contributed by atoms with Crippen LogP contribution in [0.4, 0.5) is 0 Å². The van der Waals surface area contributed by atoms with Crippen LogP contribution in [0.1, 0.15) is 58.4 Å². The third kappa shape index (κ3) is 5.28. The molecule has 1 aromatic carbocycles. The highest BCUT2D eigenvalue weighted by Crippen LogP contribution is 2.32. The number of benzene rings is 1. The molecule has 0 fully saturated rings. The molecule has 0 aliphatic carbocycles. The van der Waals surface area contributed by atoms with Gasteiger partial charge in [-0.3, -0.25) is 0 Å². The fourth-order valence-corrected chi connectivity index (χ4v) is 1.96. The van der Waals surface area contributed by atoms with E-state index in [1.807, 2.05) is 6.07 Å². The largest absolute Gasteiger partial charge is 0.490 e. The number of allylic oxidation sites excluding steroid dienone is 2. The molecule has 0 aliphatic heterocycles. The lowest BCUT2D eigenvalue weighted by Crippen LogP contribution is -2.02. The normalized spacial score (nSPS) is 12.6. The van der Waals surface area contributed by atoms with Gasteiger partial charge in [0.2, 0.25) is 0 Å². The summed E-state index contributed by atoms with van der Waals surface area (Å²) in [7, 11) is 0. The van der Waals surface area contributed by atoms with E-state index in [1.165, 1.54) is 5.56 Å². The van der Waals surface area contributed by atoms with E-state index in [0.717, 1.165) is 44.0 Å². The van der Waals surface area contributed by atoms with E-state index in [2.05, 4.69) is 52.0 Å². The average Bonchev–Trinajstić information content (AvgIpc) is 2.48. The van der Waals surface area contributed by atoms with Crippen LogP contribution >= 0.6 is 0 Å². The topological polar surface area (TPSA) is 18.5 Å². The maximum absolute atomic E-state index is 5.84. The van der Waals surface area contributed by atoms with Gasteiger partial charge in [-0.25, -0.2) is 0 Å². The smallest absolute Gasteiger partial charge is 0.161 e. The summed E-state index contributed by atoms with van der Waals surface area (Å²) in [4.78, 5) is 0. The van der Waals surface area contributed by atoms with E-state index in [1.54, 1.807) is 0 Å². The van der Waals surface area contributed by atoms with E-state index in [0.29, 0.717) is 5.92 Å². The molecule has 1 rings (SSSR count). The predicted octanol–water partition coefficient (Wildman–Crippen LogP) is 5.33. The molecule has 1 unspecified atom stereocenters. The summed E-state index contributed by atoms with van der Waals surface area (Å²) in [6.07, 6.45) is 7.37. The molecule has 1 atom stereocenters. The van der Waals surface area contributed by atoms with Crippen LogP contribution in [0.25, 0.3) is 0 Å². The van der Waals surface area contributed by atoms with E-state index >= 15 is 0 Å². The van der Waals surface area contributed by atoms with Crippen LogP contribution in [0.3, 0.4) is 0 Å². The molecule has 0 heterocycles. The van der Waals surface area contributed by atoms with Gasteiger partial charge in [0.15, 0.2) is 11.5 Å². The van der Waals surface area contributed by atoms with Crippen LogP contribution in [0.15, 0.2) is 30.4 Å². The molecule has 112 valence electrons. The zero-order valence-electron chi connectivity index (χ0n) is 13.3. The Labute approximate surface area is 123 Å². The highest BCUT2D eigenvalue weighted by atomic mass is 16.5. The summed E-state index contributed by atoms with van der Waals surface area (Å²) in [6.45, 7) is 9.99. The van der Waals surface area contributed by atoms with Gasteiger partial charge in [-0.2, -0.15) is 0 Å². The van der Waals surface area contributed by atoms with Gasteiger partial charge in [-0.05, 0) is 49.8 Å². The number of ether oxygens (including phenoxy) is 2. The predicted molar refractivity (Wildman–Crippen MR) is 85.9 cm³/mol. The van der Waals surface area contributed by atoms with Gasteiger partial charge >= 0.3 is 0 Å². The first-order chi connectivity index (χ1) is 9.72. The summed E-state index contributed by atoms with van der Waals surface area (Å²) >= 11 is 0. The molecule has 0 radical (unpaired) electrons. The van der Waals surface area contributed by atoms with Crippen LogP contribution < -0.4 is 9.47 Å². The molecule has 0 amide bonds. The minimum Gasteiger partial charge on any atom is -0.490 e. The molecule has 0 bridgehead atoms. The second-order valence-electron chi connectivity index (χ2n) is 5.11. The minimum atomic E-state index is 0.496. The molecule has 2 nitrogen and oxygen atoms in total. The molecule has 0 saturated carbocycles. The molecule has 0 aliphatic rings. The van der Waals surface area contributed by atoms with Gasteiger partial charge in [-0.1, -0.05) is 39.0 Å². The van der Waals surface area contributed by atoms with Crippen molar-refractivity contribution >= 4 is 0 Å². The van der Waals surface area contributed by atoms with Gasteiger partial charge in [0.1, 0.15) is 0 Å². The molecule has 0 N–H and O–H groups in total. The number of hydrogen-bond donors (Lipinski definition) is 0. The Kier molecular flexibility index (Phi) is 7.86. The van der Waals surface area contributed by atoms with Gasteiger partial charge in [-0.15, -0.1) is 0 Å². The highest BCUT2D eigenvalue weighted by molar-refractivity contribution is 5.44. The van der Waals surface area contributed by atoms with E-state index in [4.69, 9.17) is 9.47 Å². The van der Waals surface area contributed by atoms with Gasteiger partial charge in [0.25, 0.3) is 0 Å². The van der Waals surface area contributed by atoms with Crippen LogP contribution in [0, 0.1) is 0 Å². The van der Waals surface area contributed by atoms with E-state index < -0.39 is 0 Å². The quantitative estimate of drug-likeness (QED) is 0.567. The first kappa shape index (κ1) is 16.6. The van der Waals surface area contributed by atoms with E-state index in [-0.39, 0.29) is 0 Å². The molecular formula is C18H28O2. The Balaban J connectivity index is 2.87. The Bertz CT molecular complexity index is 410. The Hall–Kier alpha value is -1.44. The lowest BCUT2D eigenvalue weighted by atomic mass is 9.97. The molecule has 0 aromatic heterocycles. The third-order valence-corrected chi connectivity index (χ3v) is 3.19. The minimum absolute atomic E-state index is 0.496. The summed E-state index contributed by atoms with van der Waals surface area (Å²) in [5.41, 5.74) is 1.30. The molecule has 1 aromatic rings. The van der Waals surface area contributed by atoms with Gasteiger partial charge < -0.3 is 9.47 Å². The Morgan fingerprint density at radius 2 is 1.70 bits per heavy atom. The van der Waals surface area contributed by atoms with Crippen molar-refractivity contribution in [3.8, 4) is 11.5 Å². The lowest BCUT2D eigenvalue weighted by molar-refractivity contribution is 0.268. The summed E-state index contributed by atoms with van der Waals surface area (Å²) in [5, 5.41) is 0. The van der Waals surface area contributed by atoms with Crippen molar-refractivity contribution in [2.75, 3.05) is 13.2 Å². The average molecular weight is 276 g/mol. The molecule has 0 spiro atoms. The lowest BCUT2D eigenvalue weighted by Gasteiger charge is -2.16. The molecular weight excluding hydrogens is 248 g/mol. The van der Waals surface area contributed by atoms with Gasteiger partial charge in [0.05, 0.1) is 13.2 Å². The fraction of sp³-hybridized carbons (Fsp3) is 0.556. The van der Waals surface area contributed by atoms with Crippen molar-refractivity contribution in [3.63, 3.8) is 0 Å². The van der Waals surface area contributed by atoms with Crippen LogP contribution in [-0.2, 0) is 0 Å². The maximum Gasteiger partial charge on any atom is 0.161 e. The van der Waals surface area contributed by atoms with Gasteiger partial charge in [0, 0.05) is 0 Å². The zero-order chi connectivity index (χ0) is 14.8. The SMILES string of the molecule is C/C=C\CC(C)c1ccc(OCCC)c(OCCC)c1. The Morgan fingerprint density at radius 3 is 2.30 bits per heavy atom. The van der Waals surface area contributed by atoms with Crippen molar-refractivity contribution in [2.24, 2.45) is 0 Å². The van der Waals surface area contributed by atoms with Crippen LogP contribution in [0.5, 0.6) is 11.5 Å². The van der Waals surface area contributed by atoms with E-state index in [9.17, 15) is 0 Å². The fourth-order valence-electron chi connectivity index (χ4n) is 1.96. The number of rotatable bonds is 9. The Morgan fingerprint density at radius 1 is 1.05 bits per heavy atom. The van der Waals surface area contributed by atoms with Crippen LogP contribution in [0.2, 0.25) is 0 Å². The highest BCUT2D eigenvalue weighted by Gasteiger charge is 2.10. The summed E-state index contributed by atoms with van der Waals surface area (Å²) in [6, 6.07) is 6.33. The molecule has 0 saturated heterocycles. The van der Waals surface area contributed by atoms with Crippen molar-refractivity contribution in [3.05, 3.63) is 35.9 Å². The summed E-state index contributed by atoms with van der Waals surface area (Å²) < 4.78 is 11.6. The first-order valence-corrected chi connectivity index (χ1v) is 7.73. The van der Waals surface area contributed by atoms with Crippen LogP contribution in [-0.4, -0.2) is 13.2 Å². The van der Waals surface area contributed by atoms with Crippen molar-refractivity contribution in [1.82, 2.24) is 0 Å².